The maximum absolute atomic E-state index is 6.33. The average Bonchev–Trinajstić information content (AvgIpc) is 2.88. The van der Waals surface area contributed by atoms with E-state index >= 15 is 0 Å². The number of benzene rings is 1. The van der Waals surface area contributed by atoms with Gasteiger partial charge in [0.1, 0.15) is 0 Å². The van der Waals surface area contributed by atoms with Crippen molar-refractivity contribution in [1.29, 1.82) is 0 Å². The van der Waals surface area contributed by atoms with Crippen molar-refractivity contribution < 1.29 is 0 Å². The molecule has 0 saturated heterocycles. The summed E-state index contributed by atoms with van der Waals surface area (Å²) in [7, 11) is 0. The smallest absolute Gasteiger partial charge is 0.0804 e. The lowest BCUT2D eigenvalue weighted by molar-refractivity contribution is 0.633. The van der Waals surface area contributed by atoms with E-state index in [1.54, 1.807) is 6.07 Å². The third-order valence-corrected chi connectivity index (χ3v) is 4.55. The van der Waals surface area contributed by atoms with Crippen LogP contribution in [0.4, 0.5) is 0 Å². The summed E-state index contributed by atoms with van der Waals surface area (Å²) in [5, 5.41) is 8.75. The van der Waals surface area contributed by atoms with Gasteiger partial charge in [-0.2, -0.15) is 0 Å². The topological polar surface area (TPSA) is 37.8 Å². The molecule has 2 aromatic rings. The van der Waals surface area contributed by atoms with Crippen LogP contribution in [-0.2, 0) is 6.42 Å². The van der Waals surface area contributed by atoms with Gasteiger partial charge in [0.15, 0.2) is 0 Å². The fraction of sp³-hybridized carbons (Fsp3) is 0.385. The van der Waals surface area contributed by atoms with Gasteiger partial charge in [0, 0.05) is 0 Å². The minimum absolute atomic E-state index is 0.00819. The lowest BCUT2D eigenvalue weighted by atomic mass is 10.0. The number of hydrogen-bond donors (Lipinski definition) is 1. The minimum atomic E-state index is -0.00819. The van der Waals surface area contributed by atoms with Gasteiger partial charge >= 0.3 is 0 Å². The van der Waals surface area contributed by atoms with Crippen LogP contribution in [-0.4, -0.2) is 16.1 Å². The van der Waals surface area contributed by atoms with E-state index < -0.39 is 0 Å². The van der Waals surface area contributed by atoms with Crippen molar-refractivity contribution in [2.24, 2.45) is 0 Å². The van der Waals surface area contributed by atoms with E-state index in [1.807, 2.05) is 12.1 Å². The van der Waals surface area contributed by atoms with Gasteiger partial charge < -0.3 is 5.32 Å². The molecule has 0 fully saturated rings. The summed E-state index contributed by atoms with van der Waals surface area (Å²) in [5.41, 5.74) is 1.98. The summed E-state index contributed by atoms with van der Waals surface area (Å²) in [6, 6.07) is 5.68. The maximum Gasteiger partial charge on any atom is 0.0804 e. The summed E-state index contributed by atoms with van der Waals surface area (Å²) in [6.07, 6.45) is 0.853. The predicted molar refractivity (Wildman–Crippen MR) is 81.3 cm³/mol. The monoisotopic (exact) mass is 315 g/mol. The number of halogens is 2. The highest BCUT2D eigenvalue weighted by Gasteiger charge is 2.22. The summed E-state index contributed by atoms with van der Waals surface area (Å²) in [4.78, 5) is 1.11. The van der Waals surface area contributed by atoms with Gasteiger partial charge in [-0.1, -0.05) is 53.7 Å². The van der Waals surface area contributed by atoms with Crippen molar-refractivity contribution in [2.45, 2.75) is 26.3 Å². The molecule has 6 heteroatoms. The molecule has 0 bridgehead atoms. The first-order chi connectivity index (χ1) is 9.19. The first-order valence-electron chi connectivity index (χ1n) is 6.17. The molecule has 1 aromatic heterocycles. The lowest BCUT2D eigenvalue weighted by Crippen LogP contribution is -2.22. The first kappa shape index (κ1) is 14.7. The molecular weight excluding hydrogens is 301 g/mol. The standard InChI is InChI=1S/C13H15Cl2N3S/c1-3-10-13(19-18-17-10)12(16-4-2)8-6-5-7-9(14)11(8)15/h5-7,12,16H,3-4H2,1-2H3. The Morgan fingerprint density at radius 3 is 2.79 bits per heavy atom. The Morgan fingerprint density at radius 2 is 2.11 bits per heavy atom. The zero-order chi connectivity index (χ0) is 13.8. The Morgan fingerprint density at radius 1 is 1.32 bits per heavy atom. The number of aryl methyl sites for hydroxylation is 1. The van der Waals surface area contributed by atoms with Gasteiger partial charge in [-0.15, -0.1) is 5.10 Å². The van der Waals surface area contributed by atoms with E-state index in [1.165, 1.54) is 11.5 Å². The Balaban J connectivity index is 2.48. The molecule has 19 heavy (non-hydrogen) atoms. The van der Waals surface area contributed by atoms with Crippen molar-refractivity contribution in [3.8, 4) is 0 Å². The highest BCUT2D eigenvalue weighted by atomic mass is 35.5. The second-order valence-corrected chi connectivity index (χ2v) is 5.64. The third-order valence-electron chi connectivity index (χ3n) is 2.88. The molecule has 1 heterocycles. The van der Waals surface area contributed by atoms with E-state index in [0.717, 1.165) is 29.1 Å². The highest BCUT2D eigenvalue weighted by Crippen LogP contribution is 2.35. The van der Waals surface area contributed by atoms with Crippen LogP contribution in [0.2, 0.25) is 10.0 Å². The zero-order valence-corrected chi connectivity index (χ0v) is 13.1. The summed E-state index contributed by atoms with van der Waals surface area (Å²) >= 11 is 13.8. The number of nitrogens with zero attached hydrogens (tertiary/aromatic N) is 2. The van der Waals surface area contributed by atoms with Crippen LogP contribution in [0.1, 0.15) is 36.0 Å². The summed E-state index contributed by atoms with van der Waals surface area (Å²) in [5.74, 6) is 0. The van der Waals surface area contributed by atoms with E-state index in [-0.39, 0.29) is 6.04 Å². The van der Waals surface area contributed by atoms with Crippen LogP contribution < -0.4 is 5.32 Å². The van der Waals surface area contributed by atoms with Gasteiger partial charge in [-0.25, -0.2) is 0 Å². The van der Waals surface area contributed by atoms with Crippen LogP contribution >= 0.6 is 34.7 Å². The van der Waals surface area contributed by atoms with Crippen molar-refractivity contribution >= 4 is 34.7 Å². The molecule has 1 aromatic carbocycles. The molecule has 0 radical (unpaired) electrons. The summed E-state index contributed by atoms with van der Waals surface area (Å²) in [6.45, 7) is 4.96. The fourth-order valence-corrected chi connectivity index (χ4v) is 3.22. The average molecular weight is 316 g/mol. The minimum Gasteiger partial charge on any atom is -0.306 e. The number of hydrogen-bond acceptors (Lipinski definition) is 4. The molecule has 1 N–H and O–H groups in total. The van der Waals surface area contributed by atoms with Crippen molar-refractivity contribution in [3.63, 3.8) is 0 Å². The molecule has 3 nitrogen and oxygen atoms in total. The molecule has 1 unspecified atom stereocenters. The van der Waals surface area contributed by atoms with Crippen molar-refractivity contribution in [1.82, 2.24) is 14.9 Å². The van der Waals surface area contributed by atoms with Gasteiger partial charge in [-0.3, -0.25) is 0 Å². The Hall–Kier alpha value is -0.680. The second kappa shape index (κ2) is 6.66. The summed E-state index contributed by atoms with van der Waals surface area (Å²) < 4.78 is 4.05. The fourth-order valence-electron chi connectivity index (χ4n) is 1.97. The third kappa shape index (κ3) is 3.08. The van der Waals surface area contributed by atoms with Crippen LogP contribution in [0.3, 0.4) is 0 Å². The van der Waals surface area contributed by atoms with E-state index in [0.29, 0.717) is 10.0 Å². The quantitative estimate of drug-likeness (QED) is 0.902. The second-order valence-electron chi connectivity index (χ2n) is 4.07. The van der Waals surface area contributed by atoms with Crippen molar-refractivity contribution in [3.05, 3.63) is 44.4 Å². The number of nitrogens with one attached hydrogen (secondary N) is 1. The molecule has 0 spiro atoms. The van der Waals surface area contributed by atoms with E-state index in [4.69, 9.17) is 23.2 Å². The Labute approximate surface area is 127 Å². The zero-order valence-electron chi connectivity index (χ0n) is 10.8. The first-order valence-corrected chi connectivity index (χ1v) is 7.70. The molecular formula is C13H15Cl2N3S. The molecule has 0 saturated carbocycles. The lowest BCUT2D eigenvalue weighted by Gasteiger charge is -2.19. The van der Waals surface area contributed by atoms with Crippen LogP contribution in [0.15, 0.2) is 18.2 Å². The number of rotatable bonds is 5. The van der Waals surface area contributed by atoms with Crippen LogP contribution in [0.25, 0.3) is 0 Å². The largest absolute Gasteiger partial charge is 0.306 e. The molecule has 0 aliphatic rings. The molecule has 0 amide bonds. The SMILES string of the molecule is CCNC(c1cccc(Cl)c1Cl)c1snnc1CC. The van der Waals surface area contributed by atoms with Gasteiger partial charge in [0.05, 0.1) is 26.7 Å². The number of aromatic nitrogens is 2. The van der Waals surface area contributed by atoms with Gasteiger partial charge in [0.25, 0.3) is 0 Å². The predicted octanol–water partition coefficient (Wildman–Crippen LogP) is 4.11. The van der Waals surface area contributed by atoms with E-state index in [2.05, 4.69) is 28.8 Å². The van der Waals surface area contributed by atoms with Gasteiger partial charge in [-0.05, 0) is 36.1 Å². The Kier molecular flexibility index (Phi) is 5.16. The van der Waals surface area contributed by atoms with E-state index in [9.17, 15) is 0 Å². The molecule has 0 aliphatic carbocycles. The highest BCUT2D eigenvalue weighted by molar-refractivity contribution is 7.05. The van der Waals surface area contributed by atoms with Crippen LogP contribution in [0.5, 0.6) is 0 Å². The molecule has 2 rings (SSSR count). The normalized spacial score (nSPS) is 12.6. The van der Waals surface area contributed by atoms with Crippen molar-refractivity contribution in [2.75, 3.05) is 6.54 Å². The molecule has 0 aliphatic heterocycles. The Bertz CT molecular complexity index is 557. The van der Waals surface area contributed by atoms with Crippen LogP contribution in [0, 0.1) is 0 Å². The van der Waals surface area contributed by atoms with Gasteiger partial charge in [0.2, 0.25) is 0 Å². The maximum atomic E-state index is 6.33. The molecule has 1 atom stereocenters. The molecule has 102 valence electrons.